The number of hydrogen-bond acceptors (Lipinski definition) is 4. The van der Waals surface area contributed by atoms with E-state index in [2.05, 4.69) is 49.2 Å². The molecule has 0 atom stereocenters. The van der Waals surface area contributed by atoms with Crippen molar-refractivity contribution in [1.29, 1.82) is 0 Å². The number of carbonyl (C=O) groups excluding carboxylic acids is 1. The molecule has 0 spiro atoms. The van der Waals surface area contributed by atoms with Gasteiger partial charge < -0.3 is 4.74 Å². The summed E-state index contributed by atoms with van der Waals surface area (Å²) in [5.41, 5.74) is 3.85. The zero-order valence-electron chi connectivity index (χ0n) is 19.3. The number of hydrogen-bond donors (Lipinski definition) is 1. The zero-order chi connectivity index (χ0) is 23.2. The van der Waals surface area contributed by atoms with Crippen molar-refractivity contribution in [2.75, 3.05) is 13.1 Å². The maximum absolute atomic E-state index is 13.3. The van der Waals surface area contributed by atoms with Gasteiger partial charge in [-0.3, -0.25) is 10.00 Å². The monoisotopic (exact) mass is 508 g/mol. The summed E-state index contributed by atoms with van der Waals surface area (Å²) in [5, 5.41) is 9.64. The molecule has 4 aromatic rings. The van der Waals surface area contributed by atoms with Gasteiger partial charge in [-0.25, -0.2) is 9.36 Å². The Morgan fingerprint density at radius 1 is 1.09 bits per heavy atom. The highest BCUT2D eigenvalue weighted by Gasteiger charge is 2.25. The Hall–Kier alpha value is -2.64. The fourth-order valence-electron chi connectivity index (χ4n) is 4.60. The number of ether oxygens (including phenoxy) is 1. The average Bonchev–Trinajstić information content (AvgIpc) is 3.33. The van der Waals surface area contributed by atoms with Gasteiger partial charge in [-0.15, -0.1) is 0 Å². The molecule has 5 rings (SSSR count). The van der Waals surface area contributed by atoms with Crippen LogP contribution in [-0.4, -0.2) is 44.4 Å². The molecule has 0 bridgehead atoms. The Morgan fingerprint density at radius 2 is 1.88 bits per heavy atom. The summed E-state index contributed by atoms with van der Waals surface area (Å²) in [5.74, 6) is 0. The van der Waals surface area contributed by atoms with Gasteiger partial charge in [0.05, 0.1) is 16.7 Å². The number of halogens is 1. The third-order valence-electron chi connectivity index (χ3n) is 6.06. The molecule has 33 heavy (non-hydrogen) atoms. The SMILES string of the molecule is CC(C)(C)OC(=O)n1c(-c2n[nH]c3cc(Br)ccc23)cc2cc(CN3CCCCC3)ccc21. The highest BCUT2D eigenvalue weighted by atomic mass is 79.9. The molecular formula is C26H29BrN4O2. The van der Waals surface area contributed by atoms with E-state index in [4.69, 9.17) is 4.74 Å². The summed E-state index contributed by atoms with van der Waals surface area (Å²) in [6, 6.07) is 14.4. The van der Waals surface area contributed by atoms with E-state index in [9.17, 15) is 4.79 Å². The van der Waals surface area contributed by atoms with Crippen LogP contribution in [0.2, 0.25) is 0 Å². The number of fused-ring (bicyclic) bond motifs is 2. The van der Waals surface area contributed by atoms with Gasteiger partial charge in [0, 0.05) is 21.8 Å². The molecule has 3 heterocycles. The Labute approximate surface area is 202 Å². The second kappa shape index (κ2) is 8.61. The van der Waals surface area contributed by atoms with Crippen LogP contribution in [0, 0.1) is 0 Å². The molecule has 2 aromatic heterocycles. The molecule has 172 valence electrons. The van der Waals surface area contributed by atoms with Crippen LogP contribution in [0.5, 0.6) is 0 Å². The van der Waals surface area contributed by atoms with E-state index in [1.165, 1.54) is 24.8 Å². The summed E-state index contributed by atoms with van der Waals surface area (Å²) in [6.45, 7) is 8.88. The van der Waals surface area contributed by atoms with Crippen LogP contribution in [-0.2, 0) is 11.3 Å². The molecule has 7 heteroatoms. The van der Waals surface area contributed by atoms with Crippen molar-refractivity contribution in [1.82, 2.24) is 19.7 Å². The Balaban J connectivity index is 1.62. The first-order chi connectivity index (χ1) is 15.8. The lowest BCUT2D eigenvalue weighted by molar-refractivity contribution is 0.0547. The van der Waals surface area contributed by atoms with Gasteiger partial charge in [-0.05, 0) is 88.7 Å². The van der Waals surface area contributed by atoms with Gasteiger partial charge in [-0.2, -0.15) is 5.10 Å². The van der Waals surface area contributed by atoms with Crippen LogP contribution in [0.15, 0.2) is 46.9 Å². The number of benzene rings is 2. The summed E-state index contributed by atoms with van der Waals surface area (Å²) < 4.78 is 8.41. The Bertz CT molecular complexity index is 1330. The molecule has 2 aromatic carbocycles. The molecule has 0 saturated carbocycles. The van der Waals surface area contributed by atoms with E-state index in [1.807, 2.05) is 45.0 Å². The lowest BCUT2D eigenvalue weighted by Gasteiger charge is -2.26. The molecule has 1 fully saturated rings. The van der Waals surface area contributed by atoms with E-state index < -0.39 is 11.7 Å². The molecular weight excluding hydrogens is 480 g/mol. The van der Waals surface area contributed by atoms with Gasteiger partial charge in [0.15, 0.2) is 0 Å². The van der Waals surface area contributed by atoms with Crippen LogP contribution in [0.4, 0.5) is 4.79 Å². The fraction of sp³-hybridized carbons (Fsp3) is 0.385. The minimum absolute atomic E-state index is 0.399. The Morgan fingerprint density at radius 3 is 2.64 bits per heavy atom. The maximum Gasteiger partial charge on any atom is 0.419 e. The van der Waals surface area contributed by atoms with Crippen molar-refractivity contribution in [2.45, 2.75) is 52.2 Å². The van der Waals surface area contributed by atoms with Crippen LogP contribution < -0.4 is 0 Å². The molecule has 0 aliphatic carbocycles. The summed E-state index contributed by atoms with van der Waals surface area (Å²) in [6.07, 6.45) is 3.46. The summed E-state index contributed by atoms with van der Waals surface area (Å²) >= 11 is 3.51. The molecule has 1 saturated heterocycles. The van der Waals surface area contributed by atoms with Crippen molar-refractivity contribution >= 4 is 43.8 Å². The zero-order valence-corrected chi connectivity index (χ0v) is 20.9. The number of nitrogens with zero attached hydrogens (tertiary/aromatic N) is 3. The molecule has 0 unspecified atom stereocenters. The number of carbonyl (C=O) groups is 1. The molecule has 0 amide bonds. The first-order valence-corrected chi connectivity index (χ1v) is 12.3. The molecule has 1 N–H and O–H groups in total. The first-order valence-electron chi connectivity index (χ1n) is 11.5. The summed E-state index contributed by atoms with van der Waals surface area (Å²) in [7, 11) is 0. The average molecular weight is 509 g/mol. The number of aromatic amines is 1. The van der Waals surface area contributed by atoms with Gasteiger partial charge >= 0.3 is 6.09 Å². The quantitative estimate of drug-likeness (QED) is 0.333. The lowest BCUT2D eigenvalue weighted by Crippen LogP contribution is -2.29. The van der Waals surface area contributed by atoms with Crippen LogP contribution in [0.3, 0.4) is 0 Å². The van der Waals surface area contributed by atoms with E-state index in [0.29, 0.717) is 0 Å². The van der Waals surface area contributed by atoms with Crippen LogP contribution >= 0.6 is 15.9 Å². The number of nitrogens with one attached hydrogen (secondary N) is 1. The second-order valence-corrected chi connectivity index (χ2v) is 10.8. The highest BCUT2D eigenvalue weighted by molar-refractivity contribution is 9.10. The first kappa shape index (κ1) is 22.2. The van der Waals surface area contributed by atoms with Crippen molar-refractivity contribution in [2.24, 2.45) is 0 Å². The van der Waals surface area contributed by atoms with E-state index in [-0.39, 0.29) is 0 Å². The van der Waals surface area contributed by atoms with E-state index in [0.717, 1.165) is 57.3 Å². The van der Waals surface area contributed by atoms with Crippen molar-refractivity contribution in [3.8, 4) is 11.4 Å². The van der Waals surface area contributed by atoms with Gasteiger partial charge in [0.25, 0.3) is 0 Å². The van der Waals surface area contributed by atoms with Crippen molar-refractivity contribution in [3.05, 3.63) is 52.5 Å². The third kappa shape index (κ3) is 4.57. The minimum atomic E-state index is -0.600. The fourth-order valence-corrected chi connectivity index (χ4v) is 4.97. The number of rotatable bonds is 3. The van der Waals surface area contributed by atoms with Gasteiger partial charge in [0.1, 0.15) is 11.3 Å². The lowest BCUT2D eigenvalue weighted by atomic mass is 10.1. The van der Waals surface area contributed by atoms with Crippen molar-refractivity contribution < 1.29 is 9.53 Å². The van der Waals surface area contributed by atoms with Crippen LogP contribution in [0.1, 0.15) is 45.6 Å². The minimum Gasteiger partial charge on any atom is -0.443 e. The van der Waals surface area contributed by atoms with E-state index >= 15 is 0 Å². The number of H-pyrrole nitrogens is 1. The van der Waals surface area contributed by atoms with Gasteiger partial charge in [-0.1, -0.05) is 28.4 Å². The van der Waals surface area contributed by atoms with Gasteiger partial charge in [0.2, 0.25) is 0 Å². The maximum atomic E-state index is 13.3. The topological polar surface area (TPSA) is 63.2 Å². The normalized spacial score (nSPS) is 15.4. The molecule has 0 radical (unpaired) electrons. The predicted molar refractivity (Wildman–Crippen MR) is 135 cm³/mol. The van der Waals surface area contributed by atoms with Crippen molar-refractivity contribution in [3.63, 3.8) is 0 Å². The highest BCUT2D eigenvalue weighted by Crippen LogP contribution is 2.34. The third-order valence-corrected chi connectivity index (χ3v) is 6.56. The standard InChI is InChI=1S/C26H29BrN4O2/c1-26(2,3)33-25(32)31-22-10-7-17(16-30-11-5-4-6-12-30)13-18(22)14-23(31)24-20-9-8-19(27)15-21(20)28-29-24/h7-10,13-15H,4-6,11-12,16H2,1-3H3,(H,28,29). The largest absolute Gasteiger partial charge is 0.443 e. The molecule has 6 nitrogen and oxygen atoms in total. The number of piperidine rings is 1. The predicted octanol–water partition coefficient (Wildman–Crippen LogP) is 6.72. The second-order valence-electron chi connectivity index (χ2n) is 9.84. The Kier molecular flexibility index (Phi) is 5.79. The van der Waals surface area contributed by atoms with E-state index in [1.54, 1.807) is 4.57 Å². The summed E-state index contributed by atoms with van der Waals surface area (Å²) in [4.78, 5) is 15.8. The molecule has 1 aliphatic heterocycles. The molecule has 1 aliphatic rings. The smallest absolute Gasteiger partial charge is 0.419 e. The van der Waals surface area contributed by atoms with Crippen LogP contribution in [0.25, 0.3) is 33.2 Å². The number of likely N-dealkylation sites (tertiary alicyclic amines) is 1. The number of aromatic nitrogens is 3.